The first-order chi connectivity index (χ1) is 18.6. The van der Waals surface area contributed by atoms with Crippen LogP contribution in [0.2, 0.25) is 0 Å². The molecule has 1 N–H and O–H groups in total. The summed E-state index contributed by atoms with van der Waals surface area (Å²) in [5.74, 6) is 4.34. The Morgan fingerprint density at radius 1 is 0.789 bits per heavy atom. The Morgan fingerprint density at radius 3 is 2.13 bits per heavy atom. The van der Waals surface area contributed by atoms with E-state index in [1.54, 1.807) is 6.08 Å². The molecule has 38 heavy (non-hydrogen) atoms. The van der Waals surface area contributed by atoms with E-state index in [1.165, 1.54) is 47.1 Å². The van der Waals surface area contributed by atoms with Crippen molar-refractivity contribution in [1.29, 1.82) is 0 Å². The first-order valence-electron chi connectivity index (χ1n) is 14.5. The SMILES string of the molecule is C=C/C=C\C=C/Cc1ccc(C2C3CC=C4C=CC(O)=C[C@H]4C3CCC3C4C=C(C)C=CC4=CC[C@H]32)cc1. The fourth-order valence-electron chi connectivity index (χ4n) is 8.09. The van der Waals surface area contributed by atoms with Gasteiger partial charge in [0.15, 0.2) is 0 Å². The van der Waals surface area contributed by atoms with Crippen LogP contribution in [0, 0.1) is 35.5 Å². The molecule has 0 radical (unpaired) electrons. The lowest BCUT2D eigenvalue weighted by Crippen LogP contribution is -2.36. The van der Waals surface area contributed by atoms with E-state index in [0.717, 1.165) is 12.8 Å². The second-order valence-electron chi connectivity index (χ2n) is 11.9. The van der Waals surface area contributed by atoms with Gasteiger partial charge in [0, 0.05) is 11.8 Å². The van der Waals surface area contributed by atoms with Crippen LogP contribution >= 0.6 is 0 Å². The molecule has 1 aromatic carbocycles. The van der Waals surface area contributed by atoms with E-state index in [0.29, 0.717) is 47.2 Å². The Kier molecular flexibility index (Phi) is 7.11. The van der Waals surface area contributed by atoms with Gasteiger partial charge in [-0.15, -0.1) is 0 Å². The molecule has 5 aliphatic carbocycles. The molecular weight excluding hydrogens is 460 g/mol. The number of fused-ring (bicyclic) bond motifs is 6. The summed E-state index contributed by atoms with van der Waals surface area (Å²) in [5.41, 5.74) is 7.22. The summed E-state index contributed by atoms with van der Waals surface area (Å²) in [6.07, 6.45) is 34.3. The molecule has 1 heteroatoms. The van der Waals surface area contributed by atoms with Crippen LogP contribution < -0.4 is 0 Å². The van der Waals surface area contributed by atoms with Crippen molar-refractivity contribution in [3.8, 4) is 0 Å². The van der Waals surface area contributed by atoms with E-state index < -0.39 is 0 Å². The number of hydrogen-bond acceptors (Lipinski definition) is 1. The maximum absolute atomic E-state index is 10.4. The molecule has 194 valence electrons. The molecule has 1 fully saturated rings. The van der Waals surface area contributed by atoms with Crippen molar-refractivity contribution >= 4 is 0 Å². The van der Waals surface area contributed by atoms with Crippen molar-refractivity contribution in [1.82, 2.24) is 0 Å². The molecule has 1 saturated carbocycles. The zero-order valence-corrected chi connectivity index (χ0v) is 22.5. The van der Waals surface area contributed by atoms with E-state index >= 15 is 0 Å². The Hall–Kier alpha value is -3.32. The van der Waals surface area contributed by atoms with E-state index in [1.807, 2.05) is 18.2 Å². The molecular formula is C37H40O. The van der Waals surface area contributed by atoms with Gasteiger partial charge in [0.25, 0.3) is 0 Å². The van der Waals surface area contributed by atoms with Gasteiger partial charge in [-0.2, -0.15) is 0 Å². The first kappa shape index (κ1) is 25.0. The van der Waals surface area contributed by atoms with Gasteiger partial charge in [0.05, 0.1) is 0 Å². The quantitative estimate of drug-likeness (QED) is 0.399. The van der Waals surface area contributed by atoms with E-state index in [9.17, 15) is 5.11 Å². The minimum atomic E-state index is 0.338. The predicted molar refractivity (Wildman–Crippen MR) is 160 cm³/mol. The van der Waals surface area contributed by atoms with Crippen LogP contribution in [0.4, 0.5) is 0 Å². The number of benzene rings is 1. The van der Waals surface area contributed by atoms with Gasteiger partial charge in [-0.3, -0.25) is 0 Å². The number of hydrogen-bond donors (Lipinski definition) is 1. The number of aliphatic hydroxyl groups is 1. The van der Waals surface area contributed by atoms with Gasteiger partial charge in [0.1, 0.15) is 5.76 Å². The second-order valence-corrected chi connectivity index (χ2v) is 11.9. The highest BCUT2D eigenvalue weighted by atomic mass is 16.3. The fraction of sp³-hybridized carbons (Fsp3) is 0.351. The van der Waals surface area contributed by atoms with Crippen LogP contribution in [0.1, 0.15) is 49.7 Å². The van der Waals surface area contributed by atoms with Gasteiger partial charge in [-0.05, 0) is 103 Å². The summed E-state index contributed by atoms with van der Waals surface area (Å²) in [6, 6.07) is 9.56. The highest BCUT2D eigenvalue weighted by molar-refractivity contribution is 5.42. The van der Waals surface area contributed by atoms with Crippen molar-refractivity contribution in [2.24, 2.45) is 35.5 Å². The second kappa shape index (κ2) is 10.8. The Morgan fingerprint density at radius 2 is 1.45 bits per heavy atom. The van der Waals surface area contributed by atoms with Gasteiger partial charge < -0.3 is 5.11 Å². The topological polar surface area (TPSA) is 20.2 Å². The third kappa shape index (κ3) is 4.80. The summed E-state index contributed by atoms with van der Waals surface area (Å²) < 4.78 is 0. The maximum atomic E-state index is 10.4. The summed E-state index contributed by atoms with van der Waals surface area (Å²) >= 11 is 0. The third-order valence-corrected chi connectivity index (χ3v) is 9.79. The molecule has 1 nitrogen and oxygen atoms in total. The minimum Gasteiger partial charge on any atom is -0.508 e. The van der Waals surface area contributed by atoms with Crippen molar-refractivity contribution in [2.45, 2.75) is 44.9 Å². The fourth-order valence-corrected chi connectivity index (χ4v) is 8.09. The van der Waals surface area contributed by atoms with Crippen molar-refractivity contribution in [3.05, 3.63) is 143 Å². The number of aliphatic hydroxyl groups excluding tert-OH is 1. The van der Waals surface area contributed by atoms with Crippen LogP contribution in [0.15, 0.2) is 132 Å². The predicted octanol–water partition coefficient (Wildman–Crippen LogP) is 9.29. The summed E-state index contributed by atoms with van der Waals surface area (Å²) in [7, 11) is 0. The van der Waals surface area contributed by atoms with Crippen molar-refractivity contribution < 1.29 is 5.11 Å². The number of rotatable bonds is 5. The lowest BCUT2D eigenvalue weighted by molar-refractivity contribution is 0.175. The van der Waals surface area contributed by atoms with Crippen LogP contribution in [-0.4, -0.2) is 5.11 Å². The highest BCUT2D eigenvalue weighted by Gasteiger charge is 2.48. The van der Waals surface area contributed by atoms with Gasteiger partial charge in [-0.25, -0.2) is 0 Å². The van der Waals surface area contributed by atoms with Crippen LogP contribution in [0.3, 0.4) is 0 Å². The van der Waals surface area contributed by atoms with E-state index in [-0.39, 0.29) is 0 Å². The lowest BCUT2D eigenvalue weighted by Gasteiger charge is -2.45. The Labute approximate surface area is 228 Å². The molecule has 0 saturated heterocycles. The largest absolute Gasteiger partial charge is 0.508 e. The summed E-state index contributed by atoms with van der Waals surface area (Å²) in [5, 5.41) is 10.4. The van der Waals surface area contributed by atoms with Gasteiger partial charge >= 0.3 is 0 Å². The van der Waals surface area contributed by atoms with E-state index in [2.05, 4.69) is 92.5 Å². The molecule has 0 aromatic heterocycles. The standard InChI is InChI=1S/C37H40O/c1-3-4-5-6-7-8-26-10-13-29(14-11-26)37-33-19-16-27-12-9-25(2)23-35(27)31(33)21-22-32-34(37)20-17-28-15-18-30(38)24-36(28)32/h3-7,9-18,23-24,31-38H,1,8,19-22H2,2H3/b5-4-,7-6-/t31?,32?,33-,34?,35?,36-,37?/m1/s1. The molecule has 0 bridgehead atoms. The maximum Gasteiger partial charge on any atom is 0.112 e. The number of allylic oxidation sites excluding steroid dienone is 16. The highest BCUT2D eigenvalue weighted by Crippen LogP contribution is 2.58. The molecule has 5 aliphatic rings. The molecule has 6 rings (SSSR count). The van der Waals surface area contributed by atoms with Gasteiger partial charge in [-0.1, -0.05) is 103 Å². The monoisotopic (exact) mass is 500 g/mol. The molecule has 5 unspecified atom stereocenters. The Balaban J connectivity index is 1.36. The molecule has 7 atom stereocenters. The molecule has 1 aromatic rings. The molecule has 0 spiro atoms. The summed E-state index contributed by atoms with van der Waals surface area (Å²) in [6.45, 7) is 5.99. The zero-order valence-electron chi connectivity index (χ0n) is 22.5. The summed E-state index contributed by atoms with van der Waals surface area (Å²) in [4.78, 5) is 0. The van der Waals surface area contributed by atoms with Crippen molar-refractivity contribution in [3.63, 3.8) is 0 Å². The zero-order chi connectivity index (χ0) is 26.1. The normalized spacial score (nSPS) is 33.8. The van der Waals surface area contributed by atoms with Crippen LogP contribution in [0.25, 0.3) is 0 Å². The first-order valence-corrected chi connectivity index (χ1v) is 14.5. The van der Waals surface area contributed by atoms with Crippen molar-refractivity contribution in [2.75, 3.05) is 0 Å². The van der Waals surface area contributed by atoms with E-state index in [4.69, 9.17) is 0 Å². The minimum absolute atomic E-state index is 0.338. The average molecular weight is 501 g/mol. The van der Waals surface area contributed by atoms with Crippen LogP contribution in [0.5, 0.6) is 0 Å². The Bertz CT molecular complexity index is 1240. The van der Waals surface area contributed by atoms with Crippen LogP contribution in [-0.2, 0) is 6.42 Å². The lowest BCUT2D eigenvalue weighted by atomic mass is 9.59. The van der Waals surface area contributed by atoms with Gasteiger partial charge in [0.2, 0.25) is 0 Å². The smallest absolute Gasteiger partial charge is 0.112 e. The molecule has 0 aliphatic heterocycles. The average Bonchev–Trinajstić information content (AvgIpc) is 3.10. The molecule has 0 heterocycles. The molecule has 0 amide bonds. The third-order valence-electron chi connectivity index (χ3n) is 9.79.